The minimum atomic E-state index is 0.619. The second kappa shape index (κ2) is 4.29. The molecule has 0 N–H and O–H groups in total. The van der Waals surface area contributed by atoms with Crippen LogP contribution in [0.3, 0.4) is 0 Å². The van der Waals surface area contributed by atoms with Crippen molar-refractivity contribution in [3.63, 3.8) is 0 Å². The Labute approximate surface area is 91.3 Å². The molecule has 1 aliphatic carbocycles. The average Bonchev–Trinajstić information content (AvgIpc) is 2.38. The lowest BCUT2D eigenvalue weighted by molar-refractivity contribution is 0.171. The third-order valence-electron chi connectivity index (χ3n) is 5.23. The first kappa shape index (κ1) is 12.1. The Balaban J connectivity index is 2.79. The molecule has 0 aromatic heterocycles. The molecule has 0 aromatic rings. The lowest BCUT2D eigenvalue weighted by Gasteiger charge is -2.33. The van der Waals surface area contributed by atoms with Crippen molar-refractivity contribution in [1.82, 2.24) is 0 Å². The Morgan fingerprint density at radius 3 is 2.36 bits per heavy atom. The molecule has 1 fully saturated rings. The molecular weight excluding hydrogens is 167 g/mol. The zero-order valence-corrected chi connectivity index (χ0v) is 10.9. The Morgan fingerprint density at radius 1 is 1.43 bits per heavy atom. The quantitative estimate of drug-likeness (QED) is 0.603. The van der Waals surface area contributed by atoms with Crippen LogP contribution in [-0.2, 0) is 0 Å². The lowest BCUT2D eigenvalue weighted by atomic mass is 9.69. The molecule has 1 aliphatic rings. The molecule has 0 spiro atoms. The second-order valence-corrected chi connectivity index (χ2v) is 5.94. The van der Waals surface area contributed by atoms with Crippen molar-refractivity contribution in [2.24, 2.45) is 23.2 Å². The normalized spacial score (nSPS) is 45.4. The zero-order valence-electron chi connectivity index (χ0n) is 10.9. The summed E-state index contributed by atoms with van der Waals surface area (Å²) in [5.41, 5.74) is 0.619. The molecule has 0 saturated heterocycles. The van der Waals surface area contributed by atoms with Gasteiger partial charge < -0.3 is 0 Å². The van der Waals surface area contributed by atoms with E-state index in [-0.39, 0.29) is 0 Å². The van der Waals surface area contributed by atoms with Crippen molar-refractivity contribution < 1.29 is 0 Å². The van der Waals surface area contributed by atoms with E-state index < -0.39 is 0 Å². The van der Waals surface area contributed by atoms with Gasteiger partial charge in [-0.3, -0.25) is 0 Å². The molecule has 0 bridgehead atoms. The molecule has 1 heteroatoms. The van der Waals surface area contributed by atoms with Crippen LogP contribution in [0.4, 0.5) is 0 Å². The summed E-state index contributed by atoms with van der Waals surface area (Å²) >= 11 is 0. The fourth-order valence-corrected chi connectivity index (χ4v) is 3.81. The van der Waals surface area contributed by atoms with Crippen LogP contribution in [0.2, 0.25) is 5.82 Å². The Morgan fingerprint density at radius 2 is 2.00 bits per heavy atom. The molecule has 5 unspecified atom stereocenters. The highest BCUT2D eigenvalue weighted by Gasteiger charge is 2.46. The van der Waals surface area contributed by atoms with E-state index in [1.54, 1.807) is 0 Å². The highest BCUT2D eigenvalue weighted by molar-refractivity contribution is 6.12. The van der Waals surface area contributed by atoms with Crippen molar-refractivity contribution in [2.75, 3.05) is 0 Å². The molecule has 0 nitrogen and oxygen atoms in total. The van der Waals surface area contributed by atoms with E-state index in [1.807, 2.05) is 0 Å². The van der Waals surface area contributed by atoms with E-state index in [0.717, 1.165) is 23.6 Å². The summed E-state index contributed by atoms with van der Waals surface area (Å²) in [5, 5.41) is 0. The van der Waals surface area contributed by atoms with Gasteiger partial charge in [-0.1, -0.05) is 59.7 Å². The summed E-state index contributed by atoms with van der Waals surface area (Å²) in [4.78, 5) is 0. The van der Waals surface area contributed by atoms with Crippen LogP contribution in [0.15, 0.2) is 0 Å². The summed E-state index contributed by atoms with van der Waals surface area (Å²) in [6.07, 6.45) is 4.14. The SMILES string of the molecule is BC1CC(C)(CC)C(C)C1C(C)CC. The maximum absolute atomic E-state index is 2.50. The molecule has 0 aromatic carbocycles. The average molecular weight is 194 g/mol. The molecule has 0 radical (unpaired) electrons. The van der Waals surface area contributed by atoms with Crippen molar-refractivity contribution in [3.8, 4) is 0 Å². The van der Waals surface area contributed by atoms with Crippen LogP contribution in [0.5, 0.6) is 0 Å². The zero-order chi connectivity index (χ0) is 10.9. The number of hydrogen-bond acceptors (Lipinski definition) is 0. The van der Waals surface area contributed by atoms with E-state index >= 15 is 0 Å². The summed E-state index contributed by atoms with van der Waals surface area (Å²) < 4.78 is 0. The molecule has 14 heavy (non-hydrogen) atoms. The van der Waals surface area contributed by atoms with E-state index in [4.69, 9.17) is 0 Å². The van der Waals surface area contributed by atoms with Crippen molar-refractivity contribution in [3.05, 3.63) is 0 Å². The van der Waals surface area contributed by atoms with E-state index in [0.29, 0.717) is 5.41 Å². The van der Waals surface area contributed by atoms with Crippen LogP contribution < -0.4 is 0 Å². The van der Waals surface area contributed by atoms with Gasteiger partial charge in [0.1, 0.15) is 7.85 Å². The third kappa shape index (κ3) is 1.88. The van der Waals surface area contributed by atoms with Crippen molar-refractivity contribution in [1.29, 1.82) is 0 Å². The maximum atomic E-state index is 2.50. The number of hydrogen-bond donors (Lipinski definition) is 0. The summed E-state index contributed by atoms with van der Waals surface area (Å²) in [7, 11) is 2.47. The molecule has 0 heterocycles. The van der Waals surface area contributed by atoms with Crippen LogP contribution in [0, 0.1) is 23.2 Å². The molecule has 5 atom stereocenters. The fraction of sp³-hybridized carbons (Fsp3) is 1.00. The minimum Gasteiger partial charge on any atom is -0.0659 e. The van der Waals surface area contributed by atoms with Gasteiger partial charge in [-0.2, -0.15) is 0 Å². The minimum absolute atomic E-state index is 0.619. The van der Waals surface area contributed by atoms with Crippen LogP contribution in [-0.4, -0.2) is 7.85 Å². The van der Waals surface area contributed by atoms with Crippen molar-refractivity contribution in [2.45, 2.75) is 59.7 Å². The first-order chi connectivity index (χ1) is 6.46. The van der Waals surface area contributed by atoms with E-state index in [2.05, 4.69) is 42.5 Å². The summed E-state index contributed by atoms with van der Waals surface area (Å²) in [6, 6.07) is 0. The Kier molecular flexibility index (Phi) is 3.72. The van der Waals surface area contributed by atoms with Gasteiger partial charge >= 0.3 is 0 Å². The van der Waals surface area contributed by atoms with Gasteiger partial charge in [0.2, 0.25) is 0 Å². The highest BCUT2D eigenvalue weighted by Crippen LogP contribution is 2.56. The summed E-state index contributed by atoms with van der Waals surface area (Å²) in [5.74, 6) is 3.72. The van der Waals surface area contributed by atoms with Gasteiger partial charge in [-0.15, -0.1) is 0 Å². The predicted octanol–water partition coefficient (Wildman–Crippen LogP) is 3.53. The standard InChI is InChI=1S/C13H27B/c1-6-9(3)12-10(4)13(5,7-2)8-11(12)14/h9-12H,6-8,14H2,1-5H3. The highest BCUT2D eigenvalue weighted by atomic mass is 14.5. The Bertz CT molecular complexity index is 190. The lowest BCUT2D eigenvalue weighted by Crippen LogP contribution is -2.25. The van der Waals surface area contributed by atoms with Gasteiger partial charge in [0, 0.05) is 0 Å². The van der Waals surface area contributed by atoms with Crippen LogP contribution in [0.25, 0.3) is 0 Å². The first-order valence-corrected chi connectivity index (χ1v) is 6.46. The van der Waals surface area contributed by atoms with Gasteiger partial charge in [-0.25, -0.2) is 0 Å². The van der Waals surface area contributed by atoms with E-state index in [9.17, 15) is 0 Å². The van der Waals surface area contributed by atoms with Gasteiger partial charge in [0.05, 0.1) is 0 Å². The second-order valence-electron chi connectivity index (χ2n) is 5.94. The molecule has 1 rings (SSSR count). The molecule has 82 valence electrons. The predicted molar refractivity (Wildman–Crippen MR) is 67.4 cm³/mol. The fourth-order valence-electron chi connectivity index (χ4n) is 3.81. The number of rotatable bonds is 3. The van der Waals surface area contributed by atoms with Gasteiger partial charge in [0.25, 0.3) is 0 Å². The maximum Gasteiger partial charge on any atom is 0.105 e. The smallest absolute Gasteiger partial charge is 0.0659 e. The first-order valence-electron chi connectivity index (χ1n) is 6.46. The topological polar surface area (TPSA) is 0 Å². The molecular formula is C13H27B. The Hall–Kier alpha value is 0.0649. The van der Waals surface area contributed by atoms with E-state index in [1.165, 1.54) is 19.3 Å². The monoisotopic (exact) mass is 194 g/mol. The van der Waals surface area contributed by atoms with Crippen molar-refractivity contribution >= 4 is 7.85 Å². The molecule has 0 amide bonds. The van der Waals surface area contributed by atoms with Gasteiger partial charge in [0.15, 0.2) is 0 Å². The molecule has 1 saturated carbocycles. The third-order valence-corrected chi connectivity index (χ3v) is 5.23. The van der Waals surface area contributed by atoms with Gasteiger partial charge in [-0.05, 0) is 23.2 Å². The summed E-state index contributed by atoms with van der Waals surface area (Å²) in [6.45, 7) is 12.1. The van der Waals surface area contributed by atoms with Crippen LogP contribution in [0.1, 0.15) is 53.9 Å². The van der Waals surface area contributed by atoms with Crippen LogP contribution >= 0.6 is 0 Å². The largest absolute Gasteiger partial charge is 0.105 e. The molecule has 0 aliphatic heterocycles.